The number of hydrogen-bond acceptors (Lipinski definition) is 5. The lowest BCUT2D eigenvalue weighted by Crippen LogP contribution is -2.48. The number of carbonyl (C=O) groups is 1. The third-order valence-corrected chi connectivity index (χ3v) is 6.05. The van der Waals surface area contributed by atoms with Crippen molar-refractivity contribution < 1.29 is 14.3 Å². The molecule has 1 saturated heterocycles. The van der Waals surface area contributed by atoms with Crippen LogP contribution in [0.15, 0.2) is 55.0 Å². The van der Waals surface area contributed by atoms with Gasteiger partial charge in [-0.1, -0.05) is 18.2 Å². The SMILES string of the molecule is COc1cncc(C(=O)N2CCC3(CC2)OCCc2cn(-c4ccccc4)nc23)c1. The summed E-state index contributed by atoms with van der Waals surface area (Å²) in [7, 11) is 1.57. The highest BCUT2D eigenvalue weighted by Crippen LogP contribution is 2.41. The minimum atomic E-state index is -0.420. The monoisotopic (exact) mass is 404 g/mol. The molecule has 0 radical (unpaired) electrons. The number of piperidine rings is 1. The van der Waals surface area contributed by atoms with Gasteiger partial charge in [-0.2, -0.15) is 5.10 Å². The molecule has 5 rings (SSSR count). The number of ether oxygens (including phenoxy) is 2. The first-order chi connectivity index (χ1) is 14.7. The standard InChI is InChI=1S/C23H24N4O3/c1-29-20-13-18(14-24-15-20)22(28)26-10-8-23(9-11-26)21-17(7-12-30-23)16-27(25-21)19-5-3-2-4-6-19/h2-6,13-16H,7-12H2,1H3. The van der Waals surface area contributed by atoms with E-state index in [1.165, 1.54) is 5.56 Å². The summed E-state index contributed by atoms with van der Waals surface area (Å²) in [5, 5.41) is 4.91. The van der Waals surface area contributed by atoms with Crippen molar-refractivity contribution in [1.29, 1.82) is 0 Å². The Morgan fingerprint density at radius 1 is 1.17 bits per heavy atom. The van der Waals surface area contributed by atoms with Gasteiger partial charge in [-0.05, 0) is 43.0 Å². The van der Waals surface area contributed by atoms with Crippen LogP contribution in [-0.4, -0.2) is 52.4 Å². The number of amides is 1. The van der Waals surface area contributed by atoms with Crippen LogP contribution in [0.25, 0.3) is 5.69 Å². The van der Waals surface area contributed by atoms with Crippen molar-refractivity contribution in [2.24, 2.45) is 0 Å². The van der Waals surface area contributed by atoms with E-state index < -0.39 is 5.60 Å². The van der Waals surface area contributed by atoms with Gasteiger partial charge in [0, 0.05) is 25.5 Å². The van der Waals surface area contributed by atoms with Crippen LogP contribution in [0.1, 0.15) is 34.5 Å². The van der Waals surface area contributed by atoms with Crippen molar-refractivity contribution in [3.05, 3.63) is 71.8 Å². The maximum absolute atomic E-state index is 12.9. The third kappa shape index (κ3) is 3.25. The van der Waals surface area contributed by atoms with Gasteiger partial charge in [0.05, 0.1) is 36.9 Å². The number of benzene rings is 1. The van der Waals surface area contributed by atoms with Gasteiger partial charge < -0.3 is 14.4 Å². The molecule has 1 aromatic carbocycles. The largest absolute Gasteiger partial charge is 0.495 e. The summed E-state index contributed by atoms with van der Waals surface area (Å²) in [5.41, 5.74) is 3.43. The van der Waals surface area contributed by atoms with Crippen LogP contribution < -0.4 is 4.74 Å². The molecule has 1 fully saturated rings. The molecular formula is C23H24N4O3. The molecule has 1 spiro atoms. The van der Waals surface area contributed by atoms with Gasteiger partial charge in [0.2, 0.25) is 0 Å². The Hall–Kier alpha value is -3.19. The number of nitrogens with zero attached hydrogens (tertiary/aromatic N) is 4. The van der Waals surface area contributed by atoms with Gasteiger partial charge in [-0.3, -0.25) is 9.78 Å². The Kier molecular flexibility index (Phi) is 4.75. The average molecular weight is 404 g/mol. The van der Waals surface area contributed by atoms with Crippen molar-refractivity contribution in [3.63, 3.8) is 0 Å². The minimum Gasteiger partial charge on any atom is -0.495 e. The molecule has 7 nitrogen and oxygen atoms in total. The molecule has 0 saturated carbocycles. The quantitative estimate of drug-likeness (QED) is 0.671. The predicted octanol–water partition coefficient (Wildman–Crippen LogP) is 2.98. The fourth-order valence-electron chi connectivity index (χ4n) is 4.40. The summed E-state index contributed by atoms with van der Waals surface area (Å²) in [6, 6.07) is 11.9. The molecule has 154 valence electrons. The molecule has 0 aliphatic carbocycles. The van der Waals surface area contributed by atoms with Crippen LogP contribution in [0.3, 0.4) is 0 Å². The number of carbonyl (C=O) groups excluding carboxylic acids is 1. The summed E-state index contributed by atoms with van der Waals surface area (Å²) < 4.78 is 13.4. The Morgan fingerprint density at radius 2 is 1.97 bits per heavy atom. The van der Waals surface area contributed by atoms with E-state index in [9.17, 15) is 4.79 Å². The van der Waals surface area contributed by atoms with Crippen LogP contribution in [0.2, 0.25) is 0 Å². The first-order valence-corrected chi connectivity index (χ1v) is 10.3. The highest BCUT2D eigenvalue weighted by Gasteiger charge is 2.44. The van der Waals surface area contributed by atoms with Crippen molar-refractivity contribution >= 4 is 5.91 Å². The van der Waals surface area contributed by atoms with E-state index >= 15 is 0 Å². The number of para-hydroxylation sites is 1. The molecule has 2 aliphatic rings. The number of likely N-dealkylation sites (tertiary alicyclic amines) is 1. The van der Waals surface area contributed by atoms with Crippen LogP contribution >= 0.6 is 0 Å². The normalized spacial score (nSPS) is 17.6. The van der Waals surface area contributed by atoms with Crippen molar-refractivity contribution in [3.8, 4) is 11.4 Å². The van der Waals surface area contributed by atoms with Crippen molar-refractivity contribution in [2.75, 3.05) is 26.8 Å². The summed E-state index contributed by atoms with van der Waals surface area (Å²) >= 11 is 0. The van der Waals surface area contributed by atoms with E-state index in [2.05, 4.69) is 23.3 Å². The second-order valence-corrected chi connectivity index (χ2v) is 7.78. The number of fused-ring (bicyclic) bond motifs is 2. The molecule has 2 aromatic heterocycles. The van der Waals surface area contributed by atoms with Crippen molar-refractivity contribution in [2.45, 2.75) is 24.9 Å². The van der Waals surface area contributed by atoms with E-state index in [0.29, 0.717) is 31.0 Å². The highest BCUT2D eigenvalue weighted by atomic mass is 16.5. The molecule has 0 N–H and O–H groups in total. The van der Waals surface area contributed by atoms with Gasteiger partial charge in [-0.15, -0.1) is 0 Å². The van der Waals surface area contributed by atoms with Gasteiger partial charge >= 0.3 is 0 Å². The van der Waals surface area contributed by atoms with E-state index in [4.69, 9.17) is 14.6 Å². The molecule has 30 heavy (non-hydrogen) atoms. The summed E-state index contributed by atoms with van der Waals surface area (Å²) in [6.07, 6.45) is 7.63. The lowest BCUT2D eigenvalue weighted by Gasteiger charge is -2.43. The maximum Gasteiger partial charge on any atom is 0.255 e. The zero-order valence-corrected chi connectivity index (χ0v) is 17.0. The second kappa shape index (κ2) is 7.57. The lowest BCUT2D eigenvalue weighted by atomic mass is 9.83. The van der Waals surface area contributed by atoms with E-state index in [0.717, 1.165) is 30.6 Å². The second-order valence-electron chi connectivity index (χ2n) is 7.78. The molecule has 7 heteroatoms. The Morgan fingerprint density at radius 3 is 2.73 bits per heavy atom. The number of rotatable bonds is 3. The maximum atomic E-state index is 12.9. The number of methoxy groups -OCH3 is 1. The number of aromatic nitrogens is 3. The first-order valence-electron chi connectivity index (χ1n) is 10.3. The predicted molar refractivity (Wildman–Crippen MR) is 111 cm³/mol. The summed E-state index contributed by atoms with van der Waals surface area (Å²) in [5.74, 6) is 0.558. The minimum absolute atomic E-state index is 0.0258. The van der Waals surface area contributed by atoms with Crippen molar-refractivity contribution in [1.82, 2.24) is 19.7 Å². The van der Waals surface area contributed by atoms with Crippen LogP contribution in [0.4, 0.5) is 0 Å². The molecule has 4 heterocycles. The smallest absolute Gasteiger partial charge is 0.255 e. The topological polar surface area (TPSA) is 69.5 Å². The summed E-state index contributed by atoms with van der Waals surface area (Å²) in [4.78, 5) is 18.9. The van der Waals surface area contributed by atoms with Crippen LogP contribution in [-0.2, 0) is 16.8 Å². The van der Waals surface area contributed by atoms with Gasteiger partial charge in [0.25, 0.3) is 5.91 Å². The van der Waals surface area contributed by atoms with Gasteiger partial charge in [-0.25, -0.2) is 4.68 Å². The fourth-order valence-corrected chi connectivity index (χ4v) is 4.40. The molecule has 0 bridgehead atoms. The first kappa shape index (κ1) is 18.8. The fraction of sp³-hybridized carbons (Fsp3) is 0.348. The highest BCUT2D eigenvalue weighted by molar-refractivity contribution is 5.94. The Bertz CT molecular complexity index is 1060. The molecule has 3 aromatic rings. The van der Waals surface area contributed by atoms with E-state index in [-0.39, 0.29) is 5.91 Å². The average Bonchev–Trinajstić information content (AvgIpc) is 3.26. The van der Waals surface area contributed by atoms with Crippen LogP contribution in [0, 0.1) is 0 Å². The Labute approximate surface area is 175 Å². The zero-order chi connectivity index (χ0) is 20.6. The molecule has 1 amide bonds. The molecule has 0 atom stereocenters. The molecule has 0 unspecified atom stereocenters. The third-order valence-electron chi connectivity index (χ3n) is 6.05. The zero-order valence-electron chi connectivity index (χ0n) is 17.0. The van der Waals surface area contributed by atoms with Crippen LogP contribution in [0.5, 0.6) is 5.75 Å². The lowest BCUT2D eigenvalue weighted by molar-refractivity contribution is -0.0963. The molecule has 2 aliphatic heterocycles. The number of pyridine rings is 1. The van der Waals surface area contributed by atoms with E-state index in [1.807, 2.05) is 27.8 Å². The summed E-state index contributed by atoms with van der Waals surface area (Å²) in [6.45, 7) is 1.92. The number of hydrogen-bond donors (Lipinski definition) is 0. The van der Waals surface area contributed by atoms with Gasteiger partial charge in [0.1, 0.15) is 11.4 Å². The molecular weight excluding hydrogens is 380 g/mol. The Balaban J connectivity index is 1.36. The van der Waals surface area contributed by atoms with E-state index in [1.54, 1.807) is 25.6 Å². The van der Waals surface area contributed by atoms with Gasteiger partial charge in [0.15, 0.2) is 0 Å².